The van der Waals surface area contributed by atoms with E-state index in [1.807, 2.05) is 0 Å². The predicted molar refractivity (Wildman–Crippen MR) is 81.4 cm³/mol. The van der Waals surface area contributed by atoms with Gasteiger partial charge in [0.2, 0.25) is 0 Å². The van der Waals surface area contributed by atoms with Crippen LogP contribution in [0.25, 0.3) is 0 Å². The highest BCUT2D eigenvalue weighted by Gasteiger charge is 2.13. The number of ether oxygens (including phenoxy) is 1. The molecule has 2 N–H and O–H groups in total. The molecule has 0 aliphatic rings. The SMILES string of the molecule is CC(CNC(=O)COc1ccccc1O)c1ccc(F)cc1F. The van der Waals surface area contributed by atoms with Crippen molar-refractivity contribution in [2.45, 2.75) is 12.8 Å². The summed E-state index contributed by atoms with van der Waals surface area (Å²) in [6, 6.07) is 9.66. The number of aromatic hydroxyl groups is 1. The van der Waals surface area contributed by atoms with E-state index in [-0.39, 0.29) is 30.6 Å². The monoisotopic (exact) mass is 321 g/mol. The molecule has 1 unspecified atom stereocenters. The van der Waals surface area contributed by atoms with Gasteiger partial charge in [0.15, 0.2) is 18.1 Å². The van der Waals surface area contributed by atoms with Crippen molar-refractivity contribution in [3.8, 4) is 11.5 Å². The summed E-state index contributed by atoms with van der Waals surface area (Å²) < 4.78 is 31.7. The summed E-state index contributed by atoms with van der Waals surface area (Å²) in [5, 5.41) is 12.1. The molecule has 122 valence electrons. The van der Waals surface area contributed by atoms with Crippen LogP contribution >= 0.6 is 0 Å². The second kappa shape index (κ2) is 7.58. The first-order valence-corrected chi connectivity index (χ1v) is 7.10. The molecule has 1 atom stereocenters. The minimum absolute atomic E-state index is 0.0537. The molecule has 0 aromatic heterocycles. The Kier molecular flexibility index (Phi) is 5.51. The molecule has 23 heavy (non-hydrogen) atoms. The third-order valence-corrected chi connectivity index (χ3v) is 3.32. The largest absolute Gasteiger partial charge is 0.504 e. The van der Waals surface area contributed by atoms with Gasteiger partial charge in [0, 0.05) is 18.5 Å². The van der Waals surface area contributed by atoms with Gasteiger partial charge in [0.1, 0.15) is 11.6 Å². The average molecular weight is 321 g/mol. The van der Waals surface area contributed by atoms with E-state index in [4.69, 9.17) is 4.74 Å². The average Bonchev–Trinajstić information content (AvgIpc) is 2.52. The maximum absolute atomic E-state index is 13.6. The number of carbonyl (C=O) groups is 1. The summed E-state index contributed by atoms with van der Waals surface area (Å²) in [6.07, 6.45) is 0. The molecule has 4 nitrogen and oxygen atoms in total. The molecule has 0 bridgehead atoms. The van der Waals surface area contributed by atoms with Crippen LogP contribution in [0.4, 0.5) is 8.78 Å². The molecular formula is C17H17F2NO3. The molecule has 2 aromatic rings. The summed E-state index contributed by atoms with van der Waals surface area (Å²) in [5.41, 5.74) is 0.327. The van der Waals surface area contributed by atoms with Gasteiger partial charge in [-0.3, -0.25) is 4.79 Å². The van der Waals surface area contributed by atoms with Gasteiger partial charge in [-0.2, -0.15) is 0 Å². The van der Waals surface area contributed by atoms with Crippen molar-refractivity contribution in [1.82, 2.24) is 5.32 Å². The maximum Gasteiger partial charge on any atom is 0.257 e. The highest BCUT2D eigenvalue weighted by Crippen LogP contribution is 2.24. The number of hydrogen-bond donors (Lipinski definition) is 2. The summed E-state index contributed by atoms with van der Waals surface area (Å²) in [7, 11) is 0. The maximum atomic E-state index is 13.6. The summed E-state index contributed by atoms with van der Waals surface area (Å²) >= 11 is 0. The number of rotatable bonds is 6. The topological polar surface area (TPSA) is 58.6 Å². The van der Waals surface area contributed by atoms with Gasteiger partial charge < -0.3 is 15.2 Å². The molecule has 0 aliphatic heterocycles. The van der Waals surface area contributed by atoms with Crippen LogP contribution in [-0.2, 0) is 4.79 Å². The molecule has 0 saturated heterocycles. The first-order valence-electron chi connectivity index (χ1n) is 7.10. The molecule has 2 aromatic carbocycles. The van der Waals surface area contributed by atoms with Crippen LogP contribution in [0.5, 0.6) is 11.5 Å². The van der Waals surface area contributed by atoms with Crippen LogP contribution in [-0.4, -0.2) is 24.2 Å². The van der Waals surface area contributed by atoms with Gasteiger partial charge >= 0.3 is 0 Å². The van der Waals surface area contributed by atoms with Crippen LogP contribution in [0.3, 0.4) is 0 Å². The number of hydrogen-bond acceptors (Lipinski definition) is 3. The first kappa shape index (κ1) is 16.7. The van der Waals surface area contributed by atoms with Gasteiger partial charge in [-0.25, -0.2) is 8.78 Å². The first-order chi connectivity index (χ1) is 11.0. The fourth-order valence-electron chi connectivity index (χ4n) is 2.05. The van der Waals surface area contributed by atoms with Crippen molar-refractivity contribution in [2.24, 2.45) is 0 Å². The van der Waals surface area contributed by atoms with Crippen molar-refractivity contribution in [2.75, 3.05) is 13.2 Å². The van der Waals surface area contributed by atoms with Crippen LogP contribution in [0, 0.1) is 11.6 Å². The van der Waals surface area contributed by atoms with Crippen molar-refractivity contribution >= 4 is 5.91 Å². The predicted octanol–water partition coefficient (Wildman–Crippen LogP) is 2.97. The third kappa shape index (κ3) is 4.67. The number of carbonyl (C=O) groups excluding carboxylic acids is 1. The normalized spacial score (nSPS) is 11.8. The smallest absolute Gasteiger partial charge is 0.257 e. The Hall–Kier alpha value is -2.63. The molecule has 2 rings (SSSR count). The zero-order valence-electron chi connectivity index (χ0n) is 12.6. The number of nitrogens with one attached hydrogen (secondary N) is 1. The minimum atomic E-state index is -0.641. The van der Waals surface area contributed by atoms with E-state index in [1.165, 1.54) is 18.2 Å². The minimum Gasteiger partial charge on any atom is -0.504 e. The number of halogens is 2. The fraction of sp³-hybridized carbons (Fsp3) is 0.235. The Morgan fingerprint density at radius 3 is 2.70 bits per heavy atom. The second-order valence-corrected chi connectivity index (χ2v) is 5.13. The van der Waals surface area contributed by atoms with Crippen molar-refractivity contribution in [3.05, 3.63) is 59.7 Å². The molecule has 0 fully saturated rings. The van der Waals surface area contributed by atoms with E-state index in [2.05, 4.69) is 5.32 Å². The lowest BCUT2D eigenvalue weighted by Crippen LogP contribution is -2.32. The molecular weight excluding hydrogens is 304 g/mol. The number of para-hydroxylation sites is 2. The molecule has 1 amide bonds. The molecule has 0 radical (unpaired) electrons. The fourth-order valence-corrected chi connectivity index (χ4v) is 2.05. The standard InChI is InChI=1S/C17H17F2NO3/c1-11(13-7-6-12(18)8-14(13)19)9-20-17(22)10-23-16-5-3-2-4-15(16)21/h2-8,11,21H,9-10H2,1H3,(H,20,22). The third-order valence-electron chi connectivity index (χ3n) is 3.32. The quantitative estimate of drug-likeness (QED) is 0.860. The summed E-state index contributed by atoms with van der Waals surface area (Å²) in [6.45, 7) is 1.64. The molecule has 0 saturated carbocycles. The van der Waals surface area contributed by atoms with Crippen LogP contribution < -0.4 is 10.1 Å². The van der Waals surface area contributed by atoms with Crippen molar-refractivity contribution < 1.29 is 23.4 Å². The van der Waals surface area contributed by atoms with Crippen molar-refractivity contribution in [3.63, 3.8) is 0 Å². The Bertz CT molecular complexity index is 691. The van der Waals surface area contributed by atoms with E-state index in [0.717, 1.165) is 6.07 Å². The van der Waals surface area contributed by atoms with E-state index in [9.17, 15) is 18.7 Å². The van der Waals surface area contributed by atoms with Crippen molar-refractivity contribution in [1.29, 1.82) is 0 Å². The Balaban J connectivity index is 1.83. The van der Waals surface area contributed by atoms with E-state index >= 15 is 0 Å². The lowest BCUT2D eigenvalue weighted by molar-refractivity contribution is -0.123. The lowest BCUT2D eigenvalue weighted by Gasteiger charge is -2.14. The van der Waals surface area contributed by atoms with E-state index in [0.29, 0.717) is 5.56 Å². The lowest BCUT2D eigenvalue weighted by atomic mass is 10.0. The van der Waals surface area contributed by atoms with Crippen LogP contribution in [0.1, 0.15) is 18.4 Å². The molecule has 0 spiro atoms. The van der Waals surface area contributed by atoms with E-state index < -0.39 is 17.5 Å². The number of phenols is 1. The van der Waals surface area contributed by atoms with Gasteiger partial charge in [-0.05, 0) is 23.8 Å². The molecule has 0 aliphatic carbocycles. The van der Waals surface area contributed by atoms with Gasteiger partial charge in [-0.1, -0.05) is 25.1 Å². The summed E-state index contributed by atoms with van der Waals surface area (Å²) in [5.74, 6) is -1.84. The zero-order chi connectivity index (χ0) is 16.8. The van der Waals surface area contributed by atoms with Gasteiger partial charge in [0.25, 0.3) is 5.91 Å². The number of amides is 1. The highest BCUT2D eigenvalue weighted by molar-refractivity contribution is 5.77. The number of phenolic OH excluding ortho intramolecular Hbond substituents is 1. The Labute approximate surface area is 132 Å². The summed E-state index contributed by atoms with van der Waals surface area (Å²) in [4.78, 5) is 11.7. The molecule has 6 heteroatoms. The Morgan fingerprint density at radius 2 is 2.00 bits per heavy atom. The van der Waals surface area contributed by atoms with Crippen LogP contribution in [0.15, 0.2) is 42.5 Å². The second-order valence-electron chi connectivity index (χ2n) is 5.13. The van der Waals surface area contributed by atoms with E-state index in [1.54, 1.807) is 25.1 Å². The highest BCUT2D eigenvalue weighted by atomic mass is 19.1. The number of benzene rings is 2. The van der Waals surface area contributed by atoms with Gasteiger partial charge in [0.05, 0.1) is 0 Å². The van der Waals surface area contributed by atoms with Crippen LogP contribution in [0.2, 0.25) is 0 Å². The Morgan fingerprint density at radius 1 is 1.26 bits per heavy atom. The van der Waals surface area contributed by atoms with Gasteiger partial charge in [-0.15, -0.1) is 0 Å². The zero-order valence-corrected chi connectivity index (χ0v) is 12.6. The molecule has 0 heterocycles.